The second-order valence-corrected chi connectivity index (χ2v) is 4.97. The molecule has 1 rings (SSSR count). The lowest BCUT2D eigenvalue weighted by molar-refractivity contribution is 0.172. The standard InChI is InChI=1S/C15H26N2O/c1-6-7-15(12-13(2)18-5)17-10-8-14(9-11-17)16(3)4/h6-7,12,14H,1,8-11H2,2-5H3/b13-12+,15-7+. The van der Waals surface area contributed by atoms with E-state index in [1.165, 1.54) is 18.5 Å². The van der Waals surface area contributed by atoms with Gasteiger partial charge in [-0.05, 0) is 46.0 Å². The van der Waals surface area contributed by atoms with Crippen LogP contribution in [0.5, 0.6) is 0 Å². The molecule has 0 spiro atoms. The lowest BCUT2D eigenvalue weighted by atomic mass is 10.0. The molecule has 0 aromatic rings. The Morgan fingerprint density at radius 3 is 2.39 bits per heavy atom. The van der Waals surface area contributed by atoms with E-state index in [1.807, 2.05) is 13.0 Å². The van der Waals surface area contributed by atoms with Crippen LogP contribution in [0.3, 0.4) is 0 Å². The molecule has 0 N–H and O–H groups in total. The van der Waals surface area contributed by atoms with Crippen LogP contribution in [-0.2, 0) is 4.74 Å². The van der Waals surface area contributed by atoms with Crippen LogP contribution in [0.1, 0.15) is 19.8 Å². The summed E-state index contributed by atoms with van der Waals surface area (Å²) in [6.45, 7) is 7.95. The smallest absolute Gasteiger partial charge is 0.0945 e. The van der Waals surface area contributed by atoms with Gasteiger partial charge in [0, 0.05) is 24.8 Å². The molecule has 102 valence electrons. The molecule has 0 amide bonds. The van der Waals surface area contributed by atoms with E-state index < -0.39 is 0 Å². The fourth-order valence-corrected chi connectivity index (χ4v) is 2.27. The average Bonchev–Trinajstić information content (AvgIpc) is 2.38. The van der Waals surface area contributed by atoms with Gasteiger partial charge in [0.2, 0.25) is 0 Å². The van der Waals surface area contributed by atoms with Crippen molar-refractivity contribution in [3.05, 3.63) is 36.3 Å². The SMILES string of the molecule is C=C/C=C(\C=C(/C)OC)N1CCC(N(C)C)CC1. The zero-order valence-electron chi connectivity index (χ0n) is 12.1. The predicted molar refractivity (Wildman–Crippen MR) is 77.3 cm³/mol. The largest absolute Gasteiger partial charge is 0.501 e. The number of rotatable bonds is 5. The Kier molecular flexibility index (Phi) is 5.99. The van der Waals surface area contributed by atoms with Gasteiger partial charge in [-0.15, -0.1) is 0 Å². The minimum atomic E-state index is 0.707. The summed E-state index contributed by atoms with van der Waals surface area (Å²) in [5.74, 6) is 0.929. The number of ether oxygens (including phenoxy) is 1. The van der Waals surface area contributed by atoms with E-state index in [0.29, 0.717) is 6.04 Å². The van der Waals surface area contributed by atoms with Gasteiger partial charge in [0.15, 0.2) is 0 Å². The van der Waals surface area contributed by atoms with Crippen molar-refractivity contribution in [2.75, 3.05) is 34.3 Å². The zero-order valence-corrected chi connectivity index (χ0v) is 12.1. The Morgan fingerprint density at radius 1 is 1.33 bits per heavy atom. The molecule has 0 aromatic carbocycles. The number of allylic oxidation sites excluding steroid dienone is 4. The summed E-state index contributed by atoms with van der Waals surface area (Å²) in [5.41, 5.74) is 1.20. The van der Waals surface area contributed by atoms with Crippen molar-refractivity contribution in [2.45, 2.75) is 25.8 Å². The molecule has 0 atom stereocenters. The van der Waals surface area contributed by atoms with Crippen molar-refractivity contribution in [3.8, 4) is 0 Å². The number of likely N-dealkylation sites (tertiary alicyclic amines) is 1. The molecule has 1 aliphatic rings. The van der Waals surface area contributed by atoms with E-state index in [-0.39, 0.29) is 0 Å². The third-order valence-electron chi connectivity index (χ3n) is 3.52. The summed E-state index contributed by atoms with van der Waals surface area (Å²) >= 11 is 0. The van der Waals surface area contributed by atoms with E-state index in [4.69, 9.17) is 4.74 Å². The van der Waals surface area contributed by atoms with Crippen molar-refractivity contribution < 1.29 is 4.74 Å². The summed E-state index contributed by atoms with van der Waals surface area (Å²) in [7, 11) is 6.03. The molecule has 0 unspecified atom stereocenters. The Bertz CT molecular complexity index is 323. The summed E-state index contributed by atoms with van der Waals surface area (Å²) in [5, 5.41) is 0. The molecule has 0 bridgehead atoms. The van der Waals surface area contributed by atoms with Crippen LogP contribution in [0.25, 0.3) is 0 Å². The number of hydrogen-bond acceptors (Lipinski definition) is 3. The maximum atomic E-state index is 5.23. The number of hydrogen-bond donors (Lipinski definition) is 0. The molecule has 0 radical (unpaired) electrons. The molecule has 0 aliphatic carbocycles. The molecule has 1 aliphatic heterocycles. The Morgan fingerprint density at radius 2 is 1.94 bits per heavy atom. The van der Waals surface area contributed by atoms with E-state index in [0.717, 1.165) is 18.8 Å². The fourth-order valence-electron chi connectivity index (χ4n) is 2.27. The first-order chi connectivity index (χ1) is 8.58. The van der Waals surface area contributed by atoms with Gasteiger partial charge in [-0.1, -0.05) is 12.7 Å². The third-order valence-corrected chi connectivity index (χ3v) is 3.52. The number of piperidine rings is 1. The summed E-state index contributed by atoms with van der Waals surface area (Å²) in [6, 6.07) is 0.707. The highest BCUT2D eigenvalue weighted by molar-refractivity contribution is 5.24. The van der Waals surface area contributed by atoms with Gasteiger partial charge in [0.1, 0.15) is 0 Å². The monoisotopic (exact) mass is 250 g/mol. The Labute approximate surface area is 111 Å². The first-order valence-corrected chi connectivity index (χ1v) is 6.55. The van der Waals surface area contributed by atoms with Crippen LogP contribution in [0.2, 0.25) is 0 Å². The maximum absolute atomic E-state index is 5.23. The number of nitrogens with zero attached hydrogens (tertiary/aromatic N) is 2. The molecule has 1 heterocycles. The van der Waals surface area contributed by atoms with Crippen molar-refractivity contribution >= 4 is 0 Å². The molecule has 0 saturated carbocycles. The maximum Gasteiger partial charge on any atom is 0.0945 e. The first-order valence-electron chi connectivity index (χ1n) is 6.55. The molecule has 1 fully saturated rings. The van der Waals surface area contributed by atoms with Gasteiger partial charge in [-0.3, -0.25) is 0 Å². The van der Waals surface area contributed by atoms with Crippen molar-refractivity contribution in [2.24, 2.45) is 0 Å². The van der Waals surface area contributed by atoms with Crippen LogP contribution < -0.4 is 0 Å². The Hall–Kier alpha value is -1.22. The normalized spacial score (nSPS) is 19.3. The first kappa shape index (κ1) is 14.8. The predicted octanol–water partition coefficient (Wildman–Crippen LogP) is 2.63. The number of methoxy groups -OCH3 is 1. The van der Waals surface area contributed by atoms with E-state index in [1.54, 1.807) is 7.11 Å². The highest BCUT2D eigenvalue weighted by Gasteiger charge is 2.21. The van der Waals surface area contributed by atoms with Crippen molar-refractivity contribution in [1.29, 1.82) is 0 Å². The van der Waals surface area contributed by atoms with Crippen LogP contribution in [0.15, 0.2) is 36.3 Å². The molecule has 18 heavy (non-hydrogen) atoms. The van der Waals surface area contributed by atoms with Crippen molar-refractivity contribution in [3.63, 3.8) is 0 Å². The molecule has 0 aromatic heterocycles. The average molecular weight is 250 g/mol. The molecular weight excluding hydrogens is 224 g/mol. The Balaban J connectivity index is 2.68. The second kappa shape index (κ2) is 7.27. The van der Waals surface area contributed by atoms with Gasteiger partial charge in [-0.2, -0.15) is 0 Å². The molecule has 3 nitrogen and oxygen atoms in total. The molecular formula is C15H26N2O. The fraction of sp³-hybridized carbons (Fsp3) is 0.600. The minimum Gasteiger partial charge on any atom is -0.501 e. The van der Waals surface area contributed by atoms with Gasteiger partial charge >= 0.3 is 0 Å². The van der Waals surface area contributed by atoms with Crippen LogP contribution in [0.4, 0.5) is 0 Å². The van der Waals surface area contributed by atoms with Crippen molar-refractivity contribution in [1.82, 2.24) is 9.80 Å². The topological polar surface area (TPSA) is 15.7 Å². The lowest BCUT2D eigenvalue weighted by Crippen LogP contribution is -2.41. The summed E-state index contributed by atoms with van der Waals surface area (Å²) in [4.78, 5) is 4.73. The van der Waals surface area contributed by atoms with Crippen LogP contribution >= 0.6 is 0 Å². The highest BCUT2D eigenvalue weighted by atomic mass is 16.5. The molecule has 1 saturated heterocycles. The van der Waals surface area contributed by atoms with Crippen LogP contribution in [-0.4, -0.2) is 50.1 Å². The lowest BCUT2D eigenvalue weighted by Gasteiger charge is -2.37. The molecule has 3 heteroatoms. The third kappa shape index (κ3) is 4.22. The van der Waals surface area contributed by atoms with E-state index in [2.05, 4.69) is 42.6 Å². The quantitative estimate of drug-likeness (QED) is 0.551. The van der Waals surface area contributed by atoms with Gasteiger partial charge < -0.3 is 14.5 Å². The zero-order chi connectivity index (χ0) is 13.5. The van der Waals surface area contributed by atoms with Gasteiger partial charge in [0.05, 0.1) is 12.9 Å². The van der Waals surface area contributed by atoms with E-state index in [9.17, 15) is 0 Å². The minimum absolute atomic E-state index is 0.707. The van der Waals surface area contributed by atoms with Gasteiger partial charge in [-0.25, -0.2) is 0 Å². The van der Waals surface area contributed by atoms with Crippen LogP contribution in [0, 0.1) is 0 Å². The van der Waals surface area contributed by atoms with E-state index >= 15 is 0 Å². The summed E-state index contributed by atoms with van der Waals surface area (Å²) < 4.78 is 5.23. The summed E-state index contributed by atoms with van der Waals surface area (Å²) in [6.07, 6.45) is 8.39. The van der Waals surface area contributed by atoms with Gasteiger partial charge in [0.25, 0.3) is 0 Å². The second-order valence-electron chi connectivity index (χ2n) is 4.97. The highest BCUT2D eigenvalue weighted by Crippen LogP contribution is 2.19.